The van der Waals surface area contributed by atoms with Crippen molar-refractivity contribution in [2.45, 2.75) is 36.7 Å². The maximum Gasteiger partial charge on any atom is 0.230 e. The molecule has 2 fully saturated rings. The molecule has 1 aromatic carbocycles. The maximum atomic E-state index is 13.9. The van der Waals surface area contributed by atoms with Gasteiger partial charge in [-0.25, -0.2) is 0 Å². The van der Waals surface area contributed by atoms with Crippen molar-refractivity contribution in [3.8, 4) is 5.75 Å². The lowest BCUT2D eigenvalue weighted by Crippen LogP contribution is -2.74. The monoisotopic (exact) mass is 531 g/mol. The van der Waals surface area contributed by atoms with Crippen molar-refractivity contribution in [2.75, 3.05) is 45.3 Å². The van der Waals surface area contributed by atoms with E-state index in [2.05, 4.69) is 0 Å². The predicted octanol–water partition coefficient (Wildman–Crippen LogP) is -1.35. The van der Waals surface area contributed by atoms with Crippen LogP contribution in [0.3, 0.4) is 0 Å². The first-order valence-electron chi connectivity index (χ1n) is 12.6. The Morgan fingerprint density at radius 3 is 2.34 bits per heavy atom. The Bertz CT molecular complexity index is 1240. The maximum absolute atomic E-state index is 13.9. The molecule has 2 unspecified atom stereocenters. The third-order valence-corrected chi connectivity index (χ3v) is 8.83. The number of phenolic OH excluding ortho intramolecular Hbond substituents is 1. The van der Waals surface area contributed by atoms with Crippen molar-refractivity contribution in [3.63, 3.8) is 0 Å². The van der Waals surface area contributed by atoms with E-state index in [1.165, 1.54) is 19.0 Å². The fourth-order valence-electron chi connectivity index (χ4n) is 7.02. The number of nitrogens with two attached hydrogens (primary N) is 1. The molecule has 5 rings (SSSR count). The highest BCUT2D eigenvalue weighted by Crippen LogP contribution is 2.56. The van der Waals surface area contributed by atoms with Crippen LogP contribution in [-0.4, -0.2) is 112 Å². The molecular weight excluding hydrogens is 498 g/mol. The van der Waals surface area contributed by atoms with Gasteiger partial charge in [0.1, 0.15) is 17.4 Å². The zero-order valence-corrected chi connectivity index (χ0v) is 21.4. The largest absolute Gasteiger partial charge is 0.508 e. The number of fused-ring (bicyclic) bond motifs is 3. The number of hydrogen-bond acceptors (Lipinski definition) is 11. The zero-order chi connectivity index (χ0) is 27.8. The van der Waals surface area contributed by atoms with Gasteiger partial charge in [-0.05, 0) is 31.6 Å². The lowest BCUT2D eigenvalue weighted by molar-refractivity contribution is -0.194. The lowest BCUT2D eigenvalue weighted by atomic mass is 9.53. The molecule has 1 aromatic rings. The van der Waals surface area contributed by atoms with E-state index in [1.807, 2.05) is 4.90 Å². The molecule has 1 saturated heterocycles. The van der Waals surface area contributed by atoms with E-state index in [0.717, 1.165) is 0 Å². The Hall–Kier alpha value is -3.03. The molecular formula is C26H33N3O9. The van der Waals surface area contributed by atoms with Crippen LogP contribution < -0.4 is 10.6 Å². The van der Waals surface area contributed by atoms with Gasteiger partial charge < -0.3 is 45.8 Å². The fraction of sp³-hybridized carbons (Fsp3) is 0.577. The molecule has 3 aliphatic carbocycles. The lowest BCUT2D eigenvalue weighted by Gasteiger charge is -2.56. The summed E-state index contributed by atoms with van der Waals surface area (Å²) in [5.41, 5.74) is 2.87. The van der Waals surface area contributed by atoms with Gasteiger partial charge in [-0.15, -0.1) is 0 Å². The van der Waals surface area contributed by atoms with E-state index in [-0.39, 0.29) is 11.3 Å². The van der Waals surface area contributed by atoms with Crippen molar-refractivity contribution in [1.29, 1.82) is 0 Å². The van der Waals surface area contributed by atoms with Crippen LogP contribution in [0.4, 0.5) is 5.69 Å². The normalized spacial score (nSPS) is 37.1. The van der Waals surface area contributed by atoms with Gasteiger partial charge in [-0.1, -0.05) is 13.0 Å². The van der Waals surface area contributed by atoms with Crippen LogP contribution in [0.2, 0.25) is 0 Å². The van der Waals surface area contributed by atoms with E-state index in [1.54, 1.807) is 19.1 Å². The second-order valence-corrected chi connectivity index (χ2v) is 10.9. The number of carbonyl (C=O) groups excluding carboxylic acids is 3. The Morgan fingerprint density at radius 1 is 1.13 bits per heavy atom. The van der Waals surface area contributed by atoms with Crippen LogP contribution in [0.25, 0.3) is 0 Å². The number of ether oxygens (including phenoxy) is 1. The zero-order valence-electron chi connectivity index (χ0n) is 21.4. The minimum atomic E-state index is -2.87. The SMILES string of the molecule is C[C@H]1c2ccc(N3CCOCC3)c(O)c2C(=O)C2=C(O)[C@]3(O)C(=O)C(C(N)=O)C(O)[C@@H](N(C)C)[C@@H]3[C@@H](O)[C@@H]21. The van der Waals surface area contributed by atoms with Crippen molar-refractivity contribution < 1.29 is 44.7 Å². The Labute approximate surface area is 218 Å². The number of benzene rings is 1. The first kappa shape index (κ1) is 26.6. The van der Waals surface area contributed by atoms with Crippen molar-refractivity contribution >= 4 is 23.2 Å². The number of aromatic hydroxyl groups is 1. The number of phenols is 1. The van der Waals surface area contributed by atoms with Crippen LogP contribution in [0.5, 0.6) is 5.75 Å². The molecule has 0 bridgehead atoms. The van der Waals surface area contributed by atoms with Gasteiger partial charge in [0, 0.05) is 36.5 Å². The predicted molar refractivity (Wildman–Crippen MR) is 133 cm³/mol. The third-order valence-electron chi connectivity index (χ3n) is 8.83. The van der Waals surface area contributed by atoms with E-state index < -0.39 is 76.3 Å². The number of aliphatic hydroxyl groups excluding tert-OH is 3. The number of primary amides is 1. The van der Waals surface area contributed by atoms with E-state index in [0.29, 0.717) is 37.6 Å². The molecule has 12 heteroatoms. The summed E-state index contributed by atoms with van der Waals surface area (Å²) >= 11 is 0. The van der Waals surface area contributed by atoms with Crippen molar-refractivity contribution in [3.05, 3.63) is 34.6 Å². The van der Waals surface area contributed by atoms with E-state index >= 15 is 0 Å². The third kappa shape index (κ3) is 3.37. The Balaban J connectivity index is 1.72. The van der Waals surface area contributed by atoms with E-state index in [9.17, 15) is 39.9 Å². The molecule has 8 atom stereocenters. The van der Waals surface area contributed by atoms with Gasteiger partial charge in [0.2, 0.25) is 5.91 Å². The molecule has 1 aliphatic heterocycles. The summed E-state index contributed by atoms with van der Waals surface area (Å²) in [4.78, 5) is 42.9. The Kier molecular flexibility index (Phi) is 6.31. The van der Waals surface area contributed by atoms with Gasteiger partial charge >= 0.3 is 0 Å². The number of hydrogen-bond donors (Lipinski definition) is 6. The van der Waals surface area contributed by atoms with Gasteiger partial charge in [-0.2, -0.15) is 0 Å². The molecule has 206 valence electrons. The number of Topliss-reactive ketones (excluding diaryl/α,β-unsaturated/α-hetero) is 2. The standard InChI is InChI=1S/C26H33N3O9/c1-10-11-4-5-12(29-6-8-38-9-7-29)19(30)14(11)20(31)15-13(10)21(32)17-18(28(2)3)22(33)16(25(27)36)24(35)26(17,37)23(15)34/h4-5,10,13,16-18,21-22,30,32-34,37H,6-9H2,1-3H3,(H2,27,36)/t10-,13+,16?,17+,18-,21-,22?,26-/m0/s1. The first-order valence-corrected chi connectivity index (χ1v) is 12.6. The summed E-state index contributed by atoms with van der Waals surface area (Å²) in [5, 5.41) is 57.1. The molecule has 12 nitrogen and oxygen atoms in total. The number of amides is 1. The summed E-state index contributed by atoms with van der Waals surface area (Å²) < 4.78 is 5.37. The second kappa shape index (κ2) is 9.02. The highest BCUT2D eigenvalue weighted by Gasteiger charge is 2.69. The number of morpholine rings is 1. The summed E-state index contributed by atoms with van der Waals surface area (Å²) in [6.07, 6.45) is -3.26. The summed E-state index contributed by atoms with van der Waals surface area (Å²) in [5.74, 6) is -9.72. The summed E-state index contributed by atoms with van der Waals surface area (Å²) in [6.45, 7) is 3.58. The van der Waals surface area contributed by atoms with Crippen molar-refractivity contribution in [1.82, 2.24) is 4.90 Å². The quantitative estimate of drug-likeness (QED) is 0.253. The smallest absolute Gasteiger partial charge is 0.230 e. The molecule has 7 N–H and O–H groups in total. The van der Waals surface area contributed by atoms with Crippen LogP contribution in [0.15, 0.2) is 23.5 Å². The summed E-state index contributed by atoms with van der Waals surface area (Å²) in [6, 6.07) is 2.21. The first-order chi connectivity index (χ1) is 17.8. The molecule has 4 aliphatic rings. The highest BCUT2D eigenvalue weighted by molar-refractivity contribution is 6.16. The van der Waals surface area contributed by atoms with Gasteiger partial charge in [-0.3, -0.25) is 14.4 Å². The minimum absolute atomic E-state index is 0.0903. The molecule has 0 radical (unpaired) electrons. The fourth-order valence-corrected chi connectivity index (χ4v) is 7.02. The average molecular weight is 532 g/mol. The molecule has 0 aromatic heterocycles. The van der Waals surface area contributed by atoms with Crippen LogP contribution in [-0.2, 0) is 14.3 Å². The number of rotatable bonds is 3. The Morgan fingerprint density at radius 2 is 1.76 bits per heavy atom. The number of anilines is 1. The van der Waals surface area contributed by atoms with E-state index in [4.69, 9.17) is 10.5 Å². The summed E-state index contributed by atoms with van der Waals surface area (Å²) in [7, 11) is 3.06. The number of likely N-dealkylation sites (N-methyl/N-ethyl adjacent to an activating group) is 1. The molecule has 1 saturated carbocycles. The van der Waals surface area contributed by atoms with Crippen LogP contribution >= 0.6 is 0 Å². The molecule has 1 amide bonds. The molecule has 1 heterocycles. The number of carbonyl (C=O) groups is 3. The average Bonchev–Trinajstić information content (AvgIpc) is 2.86. The topological polar surface area (TPSA) is 194 Å². The number of nitrogens with zero attached hydrogens (tertiary/aromatic N) is 2. The minimum Gasteiger partial charge on any atom is -0.508 e. The van der Waals surface area contributed by atoms with Crippen molar-refractivity contribution in [2.24, 2.45) is 23.5 Å². The second-order valence-electron chi connectivity index (χ2n) is 10.9. The van der Waals surface area contributed by atoms with Gasteiger partial charge in [0.15, 0.2) is 17.2 Å². The van der Waals surface area contributed by atoms with Gasteiger partial charge in [0.25, 0.3) is 0 Å². The number of aliphatic hydroxyl groups is 4. The number of ketones is 2. The van der Waals surface area contributed by atoms with Crippen LogP contribution in [0, 0.1) is 17.8 Å². The molecule has 38 heavy (non-hydrogen) atoms. The molecule has 0 spiro atoms. The van der Waals surface area contributed by atoms with Gasteiger partial charge in [0.05, 0.1) is 36.7 Å². The van der Waals surface area contributed by atoms with Crippen LogP contribution in [0.1, 0.15) is 28.8 Å². The highest BCUT2D eigenvalue weighted by atomic mass is 16.5.